The van der Waals surface area contributed by atoms with Gasteiger partial charge in [0.1, 0.15) is 0 Å². The Labute approximate surface area is 629 Å². The van der Waals surface area contributed by atoms with Gasteiger partial charge >= 0.3 is 37.7 Å². The fraction of sp³-hybridized carbons (Fsp3) is 0.977. The molecule has 0 amide bonds. The largest absolute Gasteiger partial charge is 2.00 e. The minimum Gasteiger partial charge on any atom is -0.550 e. The molecule has 0 fully saturated rings. The van der Waals surface area contributed by atoms with Crippen LogP contribution in [0.25, 0.3) is 0 Å². The molecule has 0 aromatic rings. The molecule has 6 nitrogen and oxygen atoms in total. The number of hydrogen-bond acceptors (Lipinski definition) is 6. The van der Waals surface area contributed by atoms with E-state index in [0.717, 1.165) is 25.7 Å². The van der Waals surface area contributed by atoms with Crippen molar-refractivity contribution in [2.45, 2.75) is 529 Å². The van der Waals surface area contributed by atoms with E-state index in [1.54, 1.807) is 0 Å². The molecule has 0 heterocycles. The number of carbonyl (C=O) groups excluding carboxylic acids is 2. The molecule has 95 heavy (non-hydrogen) atoms. The third-order valence-corrected chi connectivity index (χ3v) is 21.4. The molecule has 0 saturated carbocycles. The number of carboxylic acids is 2. The van der Waals surface area contributed by atoms with Gasteiger partial charge in [-0.05, 0) is 104 Å². The van der Waals surface area contributed by atoms with Crippen molar-refractivity contribution in [1.82, 2.24) is 9.80 Å². The summed E-state index contributed by atoms with van der Waals surface area (Å²) in [4.78, 5) is 27.2. The van der Waals surface area contributed by atoms with E-state index in [9.17, 15) is 19.8 Å². The van der Waals surface area contributed by atoms with Gasteiger partial charge in [-0.1, -0.05) is 439 Å². The summed E-state index contributed by atoms with van der Waals surface area (Å²) in [6, 6.07) is 0.966. The first-order chi connectivity index (χ1) is 46.2. The maximum atomic E-state index is 10.9. The van der Waals surface area contributed by atoms with E-state index in [4.69, 9.17) is 0 Å². The second-order valence-electron chi connectivity index (χ2n) is 30.9. The van der Waals surface area contributed by atoms with Gasteiger partial charge in [0, 0.05) is 24.0 Å². The number of hydrogen-bond donors (Lipinski definition) is 0. The van der Waals surface area contributed by atoms with E-state index in [1.165, 1.54) is 463 Å². The van der Waals surface area contributed by atoms with Crippen LogP contribution in [0.1, 0.15) is 517 Å². The predicted molar refractivity (Wildman–Crippen MR) is 422 cm³/mol. The molecule has 0 radical (unpaired) electrons. The molecule has 2 atom stereocenters. The van der Waals surface area contributed by atoms with Crippen LogP contribution in [0.15, 0.2) is 0 Å². The molecule has 0 aliphatic heterocycles. The Morgan fingerprint density at radius 2 is 0.326 bits per heavy atom. The van der Waals surface area contributed by atoms with Gasteiger partial charge in [-0.15, -0.1) is 0 Å². The van der Waals surface area contributed by atoms with Crippen molar-refractivity contribution in [2.24, 2.45) is 0 Å². The Morgan fingerprint density at radius 1 is 0.211 bits per heavy atom. The number of unbranched alkanes of at least 4 members (excludes halogenated alkanes) is 64. The van der Waals surface area contributed by atoms with Crippen molar-refractivity contribution in [3.05, 3.63) is 0 Å². The van der Waals surface area contributed by atoms with Gasteiger partial charge in [0.2, 0.25) is 0 Å². The molecule has 564 valence electrons. The minimum absolute atomic E-state index is 0. The van der Waals surface area contributed by atoms with Crippen molar-refractivity contribution in [3.8, 4) is 0 Å². The molecule has 0 aromatic heterocycles. The van der Waals surface area contributed by atoms with Crippen molar-refractivity contribution in [1.29, 1.82) is 0 Å². The van der Waals surface area contributed by atoms with Crippen molar-refractivity contribution in [2.75, 3.05) is 26.2 Å². The molecule has 0 aliphatic rings. The van der Waals surface area contributed by atoms with E-state index in [2.05, 4.69) is 51.3 Å². The minimum atomic E-state index is -0.898. The van der Waals surface area contributed by atoms with E-state index < -0.39 is 11.9 Å². The molecule has 7 heteroatoms. The van der Waals surface area contributed by atoms with E-state index >= 15 is 0 Å². The number of carbonyl (C=O) groups is 2. The van der Waals surface area contributed by atoms with Crippen LogP contribution in [0.2, 0.25) is 0 Å². The normalized spacial score (nSPS) is 12.2. The monoisotopic (exact) mass is 1370 g/mol. The summed E-state index contributed by atoms with van der Waals surface area (Å²) in [6.07, 6.45) is 100. The smallest absolute Gasteiger partial charge is 0.550 e. The molecule has 0 aromatic carbocycles. The Kier molecular flexibility index (Phi) is 92.3. The van der Waals surface area contributed by atoms with Crippen LogP contribution >= 0.6 is 0 Å². The Hall–Kier alpha value is 0.120. The Balaban J connectivity index is -0.00000176. The fourth-order valence-electron chi connectivity index (χ4n) is 14.7. The van der Waals surface area contributed by atoms with Crippen molar-refractivity contribution < 1.29 is 19.8 Å². The topological polar surface area (TPSA) is 86.7 Å². The van der Waals surface area contributed by atoms with Crippen molar-refractivity contribution in [3.63, 3.8) is 0 Å². The maximum Gasteiger partial charge on any atom is 2.00 e. The number of nitrogens with zero attached hydrogens (tertiary/aromatic N) is 2. The summed E-state index contributed by atoms with van der Waals surface area (Å²) in [7, 11) is 0. The predicted octanol–water partition coefficient (Wildman–Crippen LogP) is 27.4. The van der Waals surface area contributed by atoms with Gasteiger partial charge in [0.25, 0.3) is 0 Å². The van der Waals surface area contributed by atoms with Crippen molar-refractivity contribution >= 4 is 49.7 Å². The zero-order chi connectivity index (χ0) is 68.6. The first kappa shape index (κ1) is 99.3. The van der Waals surface area contributed by atoms with Crippen LogP contribution in [0.4, 0.5) is 0 Å². The van der Waals surface area contributed by atoms with Gasteiger partial charge in [0.05, 0.1) is 0 Å². The summed E-state index contributed by atoms with van der Waals surface area (Å²) in [5.41, 5.74) is 0. The first-order valence-corrected chi connectivity index (χ1v) is 44.1. The molecular formula is C88H176CaN2O4. The fourth-order valence-corrected chi connectivity index (χ4v) is 14.7. The molecule has 0 bridgehead atoms. The Morgan fingerprint density at radius 3 is 0.442 bits per heavy atom. The van der Waals surface area contributed by atoms with Crippen LogP contribution in [-0.2, 0) is 9.59 Å². The standard InChI is InChI=1S/2C44H89NO2.Ca/c2*1-4-6-8-10-12-14-16-18-20-22-24-26-28-30-32-34-36-41-45(43(3)39-38-40-44(46)47)42-37-35-33-31-29-27-25-23-21-19-17-15-13-11-9-7-5-2;/h2*43H,4-42H2,1-3H3,(H,46,47);/q;;+2/p-2. The maximum absolute atomic E-state index is 10.9. The average Bonchev–Trinajstić information content (AvgIpc) is 2.70. The molecule has 0 spiro atoms. The average molecular weight is 1370 g/mol. The van der Waals surface area contributed by atoms with Gasteiger partial charge in [-0.25, -0.2) is 0 Å². The SMILES string of the molecule is CCCCCCCCCCCCCCCCCCCN(CCCCCCCCCCCCCCCCCCC)C(C)CCCC(=O)[O-].CCCCCCCCCCCCCCCCCCCN(CCCCCCCCCCCCCCCCCCC)C(C)CCCC(=O)[O-].[Ca+2]. The van der Waals surface area contributed by atoms with Gasteiger partial charge in [-0.2, -0.15) is 0 Å². The quantitative estimate of drug-likeness (QED) is 0.0445. The summed E-state index contributed by atoms with van der Waals surface area (Å²) >= 11 is 0. The van der Waals surface area contributed by atoms with Crippen LogP contribution in [-0.4, -0.2) is 97.7 Å². The van der Waals surface area contributed by atoms with Gasteiger partial charge in [0.15, 0.2) is 0 Å². The second kappa shape index (κ2) is 88.3. The van der Waals surface area contributed by atoms with Crippen LogP contribution in [0.5, 0.6) is 0 Å². The van der Waals surface area contributed by atoms with Crippen LogP contribution in [0, 0.1) is 0 Å². The van der Waals surface area contributed by atoms with Gasteiger partial charge in [-0.3, -0.25) is 0 Å². The van der Waals surface area contributed by atoms with E-state index in [1.807, 2.05) is 0 Å². The molecule has 2 unspecified atom stereocenters. The van der Waals surface area contributed by atoms with E-state index in [-0.39, 0.29) is 50.6 Å². The second-order valence-corrected chi connectivity index (χ2v) is 30.9. The molecule has 0 rings (SSSR count). The van der Waals surface area contributed by atoms with Gasteiger partial charge < -0.3 is 29.6 Å². The third-order valence-electron chi connectivity index (χ3n) is 21.4. The first-order valence-electron chi connectivity index (χ1n) is 44.1. The summed E-state index contributed by atoms with van der Waals surface area (Å²) in [6.45, 7) is 18.6. The van der Waals surface area contributed by atoms with Crippen LogP contribution < -0.4 is 10.2 Å². The third kappa shape index (κ3) is 86.4. The Bertz CT molecular complexity index is 1220. The zero-order valence-electron chi connectivity index (χ0n) is 66.5. The number of rotatable bonds is 82. The number of carboxylic acid groups (broad SMARTS) is 2. The summed E-state index contributed by atoms with van der Waals surface area (Å²) in [5.74, 6) is -1.80. The number of aliphatic carboxylic acids is 2. The van der Waals surface area contributed by atoms with E-state index in [0.29, 0.717) is 12.1 Å². The summed E-state index contributed by atoms with van der Waals surface area (Å²) in [5, 5.41) is 21.8. The molecule has 0 N–H and O–H groups in total. The summed E-state index contributed by atoms with van der Waals surface area (Å²) < 4.78 is 0. The molecular weight excluding hydrogens is 1190 g/mol. The molecule has 0 aliphatic carbocycles. The van der Waals surface area contributed by atoms with Crippen LogP contribution in [0.3, 0.4) is 0 Å². The molecule has 0 saturated heterocycles. The zero-order valence-corrected chi connectivity index (χ0v) is 68.8.